The first-order valence-corrected chi connectivity index (χ1v) is 8.18. The number of likely N-dealkylation sites (N-methyl/N-ethyl adjacent to an activating group) is 1. The molecule has 2 aliphatic rings. The van der Waals surface area contributed by atoms with Crippen LogP contribution in [0.5, 0.6) is 0 Å². The molecule has 8 heteroatoms. The standard InChI is InChI=1S/C15H29N3O3.2ClH/c1-3-17(4-2)8-10-21-13-5-7-18(11-13)15(19)14-12-20-9-6-16-14;;/h13-14,16H,3-12H2,1-2H3;2*1H. The molecule has 2 saturated heterocycles. The number of nitrogens with zero attached hydrogens (tertiary/aromatic N) is 2. The number of hydrogen-bond donors (Lipinski definition) is 1. The quantitative estimate of drug-likeness (QED) is 0.716. The summed E-state index contributed by atoms with van der Waals surface area (Å²) in [5.41, 5.74) is 0. The maximum absolute atomic E-state index is 12.3. The van der Waals surface area contributed by atoms with Gasteiger partial charge in [-0.15, -0.1) is 24.8 Å². The average molecular weight is 372 g/mol. The molecular weight excluding hydrogens is 341 g/mol. The smallest absolute Gasteiger partial charge is 0.242 e. The van der Waals surface area contributed by atoms with Crippen LogP contribution in [0.3, 0.4) is 0 Å². The number of hydrogen-bond acceptors (Lipinski definition) is 5. The van der Waals surface area contributed by atoms with Crippen molar-refractivity contribution in [1.29, 1.82) is 0 Å². The summed E-state index contributed by atoms with van der Waals surface area (Å²) in [6, 6.07) is -0.173. The zero-order chi connectivity index (χ0) is 15.1. The molecule has 2 aliphatic heterocycles. The molecule has 1 amide bonds. The summed E-state index contributed by atoms with van der Waals surface area (Å²) < 4.78 is 11.3. The van der Waals surface area contributed by atoms with E-state index < -0.39 is 0 Å². The van der Waals surface area contributed by atoms with E-state index >= 15 is 0 Å². The van der Waals surface area contributed by atoms with Crippen molar-refractivity contribution in [1.82, 2.24) is 15.1 Å². The third kappa shape index (κ3) is 7.11. The predicted octanol–water partition coefficient (Wildman–Crippen LogP) is 0.778. The molecule has 2 rings (SSSR count). The Labute approximate surface area is 152 Å². The fourth-order valence-corrected chi connectivity index (χ4v) is 2.90. The summed E-state index contributed by atoms with van der Waals surface area (Å²) in [4.78, 5) is 16.6. The molecule has 2 unspecified atom stereocenters. The van der Waals surface area contributed by atoms with Crippen LogP contribution in [0.4, 0.5) is 0 Å². The number of carbonyl (C=O) groups is 1. The van der Waals surface area contributed by atoms with Crippen molar-refractivity contribution in [2.75, 3.05) is 59.1 Å². The fourth-order valence-electron chi connectivity index (χ4n) is 2.90. The maximum Gasteiger partial charge on any atom is 0.242 e. The summed E-state index contributed by atoms with van der Waals surface area (Å²) >= 11 is 0. The fraction of sp³-hybridized carbons (Fsp3) is 0.933. The lowest BCUT2D eigenvalue weighted by Crippen LogP contribution is -2.52. The van der Waals surface area contributed by atoms with Gasteiger partial charge in [0.15, 0.2) is 0 Å². The largest absolute Gasteiger partial charge is 0.378 e. The van der Waals surface area contributed by atoms with Crippen LogP contribution in [-0.2, 0) is 14.3 Å². The van der Waals surface area contributed by atoms with Crippen LogP contribution in [0.25, 0.3) is 0 Å². The van der Waals surface area contributed by atoms with Crippen molar-refractivity contribution < 1.29 is 14.3 Å². The monoisotopic (exact) mass is 371 g/mol. The van der Waals surface area contributed by atoms with E-state index in [1.165, 1.54) is 0 Å². The third-order valence-electron chi connectivity index (χ3n) is 4.33. The van der Waals surface area contributed by atoms with Crippen LogP contribution in [-0.4, -0.2) is 86.9 Å². The second-order valence-corrected chi connectivity index (χ2v) is 5.67. The second kappa shape index (κ2) is 12.3. The van der Waals surface area contributed by atoms with Crippen molar-refractivity contribution in [2.24, 2.45) is 0 Å². The van der Waals surface area contributed by atoms with Gasteiger partial charge in [-0.25, -0.2) is 0 Å². The number of carbonyl (C=O) groups excluding carboxylic acids is 1. The molecule has 6 nitrogen and oxygen atoms in total. The van der Waals surface area contributed by atoms with E-state index in [1.807, 2.05) is 4.90 Å². The number of halogens is 2. The number of likely N-dealkylation sites (tertiary alicyclic amines) is 1. The zero-order valence-electron chi connectivity index (χ0n) is 14.2. The minimum Gasteiger partial charge on any atom is -0.378 e. The Morgan fingerprint density at radius 1 is 1.35 bits per heavy atom. The molecule has 138 valence electrons. The molecule has 0 spiro atoms. The molecule has 0 bridgehead atoms. The van der Waals surface area contributed by atoms with Gasteiger partial charge in [0.05, 0.1) is 25.9 Å². The Morgan fingerprint density at radius 3 is 2.70 bits per heavy atom. The van der Waals surface area contributed by atoms with E-state index in [2.05, 4.69) is 24.1 Å². The summed E-state index contributed by atoms with van der Waals surface area (Å²) in [6.07, 6.45) is 1.13. The van der Waals surface area contributed by atoms with E-state index in [0.717, 1.165) is 52.3 Å². The Bertz CT molecular complexity index is 327. The highest BCUT2D eigenvalue weighted by Gasteiger charge is 2.32. The van der Waals surface area contributed by atoms with Crippen molar-refractivity contribution in [2.45, 2.75) is 32.4 Å². The molecule has 23 heavy (non-hydrogen) atoms. The lowest BCUT2D eigenvalue weighted by Gasteiger charge is -2.27. The highest BCUT2D eigenvalue weighted by molar-refractivity contribution is 5.85. The Balaban J connectivity index is 0.00000242. The first kappa shape index (κ1) is 22.9. The molecular formula is C15H31Cl2N3O3. The van der Waals surface area contributed by atoms with Crippen LogP contribution in [0.2, 0.25) is 0 Å². The van der Waals surface area contributed by atoms with Crippen molar-refractivity contribution in [3.63, 3.8) is 0 Å². The molecule has 1 N–H and O–H groups in total. The highest BCUT2D eigenvalue weighted by atomic mass is 35.5. The summed E-state index contributed by atoms with van der Waals surface area (Å²) in [6.45, 7) is 11.6. The summed E-state index contributed by atoms with van der Waals surface area (Å²) in [7, 11) is 0. The third-order valence-corrected chi connectivity index (χ3v) is 4.33. The van der Waals surface area contributed by atoms with Gasteiger partial charge < -0.3 is 24.6 Å². The van der Waals surface area contributed by atoms with E-state index in [4.69, 9.17) is 9.47 Å². The molecule has 0 aliphatic carbocycles. The lowest BCUT2D eigenvalue weighted by molar-refractivity contribution is -0.135. The zero-order valence-corrected chi connectivity index (χ0v) is 15.8. The Kier molecular flexibility index (Phi) is 12.2. The van der Waals surface area contributed by atoms with Gasteiger partial charge in [0.25, 0.3) is 0 Å². The van der Waals surface area contributed by atoms with Gasteiger partial charge in [-0.3, -0.25) is 4.79 Å². The molecule has 0 aromatic rings. The van der Waals surface area contributed by atoms with Crippen LogP contribution in [0.15, 0.2) is 0 Å². The van der Waals surface area contributed by atoms with Gasteiger partial charge in [0, 0.05) is 26.2 Å². The molecule has 0 aromatic heterocycles. The maximum atomic E-state index is 12.3. The van der Waals surface area contributed by atoms with Crippen LogP contribution in [0, 0.1) is 0 Å². The van der Waals surface area contributed by atoms with Gasteiger partial charge in [-0.1, -0.05) is 13.8 Å². The van der Waals surface area contributed by atoms with Crippen LogP contribution in [0.1, 0.15) is 20.3 Å². The molecule has 0 saturated carbocycles. The van der Waals surface area contributed by atoms with Crippen LogP contribution >= 0.6 is 24.8 Å². The topological polar surface area (TPSA) is 54.0 Å². The number of amides is 1. The number of nitrogens with one attached hydrogen (secondary N) is 1. The number of morpholine rings is 1. The molecule has 2 heterocycles. The normalized spacial score (nSPS) is 24.2. The Hall–Kier alpha value is -0.110. The van der Waals surface area contributed by atoms with E-state index in [9.17, 15) is 4.79 Å². The van der Waals surface area contributed by atoms with Crippen molar-refractivity contribution in [3.8, 4) is 0 Å². The van der Waals surface area contributed by atoms with E-state index in [0.29, 0.717) is 13.2 Å². The second-order valence-electron chi connectivity index (χ2n) is 5.67. The lowest BCUT2D eigenvalue weighted by atomic mass is 10.2. The van der Waals surface area contributed by atoms with E-state index in [-0.39, 0.29) is 42.9 Å². The summed E-state index contributed by atoms with van der Waals surface area (Å²) in [5, 5.41) is 3.22. The van der Waals surface area contributed by atoms with Gasteiger partial charge in [-0.2, -0.15) is 0 Å². The predicted molar refractivity (Wildman–Crippen MR) is 95.8 cm³/mol. The van der Waals surface area contributed by atoms with Crippen molar-refractivity contribution >= 4 is 30.7 Å². The average Bonchev–Trinajstić information content (AvgIpc) is 3.00. The molecule has 2 atom stereocenters. The molecule has 2 fully saturated rings. The van der Waals surface area contributed by atoms with Gasteiger partial charge in [-0.05, 0) is 19.5 Å². The van der Waals surface area contributed by atoms with Gasteiger partial charge in [0.2, 0.25) is 5.91 Å². The first-order chi connectivity index (χ1) is 10.2. The summed E-state index contributed by atoms with van der Waals surface area (Å²) in [5.74, 6) is 0.157. The Morgan fingerprint density at radius 2 is 2.09 bits per heavy atom. The minimum absolute atomic E-state index is 0. The van der Waals surface area contributed by atoms with E-state index in [1.54, 1.807) is 0 Å². The SMILES string of the molecule is CCN(CC)CCOC1CCN(C(=O)C2COCCN2)C1.Cl.Cl. The highest BCUT2D eigenvalue weighted by Crippen LogP contribution is 2.14. The van der Waals surface area contributed by atoms with Gasteiger partial charge in [0.1, 0.15) is 6.04 Å². The molecule has 0 aromatic carbocycles. The number of ether oxygens (including phenoxy) is 2. The number of rotatable bonds is 7. The van der Waals surface area contributed by atoms with Crippen LogP contribution < -0.4 is 5.32 Å². The minimum atomic E-state index is -0.173. The first-order valence-electron chi connectivity index (χ1n) is 8.18. The van der Waals surface area contributed by atoms with Crippen molar-refractivity contribution in [3.05, 3.63) is 0 Å². The van der Waals surface area contributed by atoms with Gasteiger partial charge >= 0.3 is 0 Å². The molecule has 0 radical (unpaired) electrons.